The summed E-state index contributed by atoms with van der Waals surface area (Å²) < 4.78 is 4.63. The normalized spacial score (nSPS) is 20.4. The van der Waals surface area contributed by atoms with Crippen LogP contribution in [0.3, 0.4) is 0 Å². The standard InChI is InChI=1S/C15H22N4O3.C13H22N2O2S/c1-15(2,3)9-5-4-6-10-16-11-7-8-12(19(20)21)14-13(11)17-22-18-14;1-13(2,3)5-4-8(16)6-10-11-9(7-18-10)14-12(17)15-11/h7-8,16H,4-6,9-10H2,1-3H3;9-11H,4-7H2,1-3H3,(H2,14,15,17). The van der Waals surface area contributed by atoms with E-state index in [4.69, 9.17) is 0 Å². The van der Waals surface area contributed by atoms with Gasteiger partial charge in [0.05, 0.1) is 22.7 Å². The lowest BCUT2D eigenvalue weighted by Crippen LogP contribution is -2.37. The smallest absolute Gasteiger partial charge is 0.315 e. The van der Waals surface area contributed by atoms with Gasteiger partial charge in [-0.15, -0.1) is 0 Å². The van der Waals surface area contributed by atoms with E-state index in [1.807, 2.05) is 0 Å². The number of hydrogen-bond acceptors (Lipinski definition) is 9. The molecule has 222 valence electrons. The number of carbonyl (C=O) groups is 2. The number of benzene rings is 1. The molecule has 4 rings (SSSR count). The van der Waals surface area contributed by atoms with E-state index < -0.39 is 4.92 Å². The van der Waals surface area contributed by atoms with Crippen LogP contribution < -0.4 is 16.0 Å². The summed E-state index contributed by atoms with van der Waals surface area (Å²) in [5, 5.41) is 27.6. The lowest BCUT2D eigenvalue weighted by Gasteiger charge is -2.19. The number of nitrogens with zero attached hydrogens (tertiary/aromatic N) is 3. The van der Waals surface area contributed by atoms with Gasteiger partial charge in [-0.3, -0.25) is 14.9 Å². The first kappa shape index (κ1) is 31.6. The minimum atomic E-state index is -0.483. The highest BCUT2D eigenvalue weighted by molar-refractivity contribution is 8.00. The topological polar surface area (TPSA) is 152 Å². The average Bonchev–Trinajstić information content (AvgIpc) is 3.56. The largest absolute Gasteiger partial charge is 0.383 e. The number of unbranched alkanes of at least 4 members (excludes halogenated alkanes) is 2. The lowest BCUT2D eigenvalue weighted by molar-refractivity contribution is -0.383. The van der Waals surface area contributed by atoms with Crippen molar-refractivity contribution in [2.45, 2.75) is 104 Å². The van der Waals surface area contributed by atoms with E-state index in [-0.39, 0.29) is 40.0 Å². The van der Waals surface area contributed by atoms with Crippen molar-refractivity contribution in [1.29, 1.82) is 0 Å². The van der Waals surface area contributed by atoms with E-state index >= 15 is 0 Å². The molecule has 0 radical (unpaired) electrons. The van der Waals surface area contributed by atoms with Gasteiger partial charge in [-0.2, -0.15) is 11.8 Å². The van der Waals surface area contributed by atoms with Crippen LogP contribution in [-0.4, -0.2) is 56.7 Å². The number of fused-ring (bicyclic) bond motifs is 2. The number of amides is 2. The van der Waals surface area contributed by atoms with Crippen LogP contribution in [0.25, 0.3) is 11.0 Å². The molecule has 3 heterocycles. The molecule has 2 aliphatic rings. The second-order valence-corrected chi connectivity index (χ2v) is 14.3. The van der Waals surface area contributed by atoms with Crippen LogP contribution in [0.1, 0.15) is 86.5 Å². The first-order valence-electron chi connectivity index (χ1n) is 14.1. The molecule has 2 amide bonds. The van der Waals surface area contributed by atoms with E-state index in [0.717, 1.165) is 37.2 Å². The Bertz CT molecular complexity index is 1170. The van der Waals surface area contributed by atoms with E-state index in [2.05, 4.69) is 72.4 Å². The Balaban J connectivity index is 0.000000225. The molecule has 3 atom stereocenters. The van der Waals surface area contributed by atoms with Gasteiger partial charge in [0.1, 0.15) is 5.78 Å². The Morgan fingerprint density at radius 1 is 1.07 bits per heavy atom. The fourth-order valence-corrected chi connectivity index (χ4v) is 6.24. The average molecular weight is 577 g/mol. The van der Waals surface area contributed by atoms with E-state index in [1.165, 1.54) is 18.9 Å². The molecule has 0 aliphatic carbocycles. The molecular weight excluding hydrogens is 532 g/mol. The van der Waals surface area contributed by atoms with Crippen LogP contribution in [0, 0.1) is 20.9 Å². The number of rotatable bonds is 11. The third-order valence-corrected chi connectivity index (χ3v) is 8.47. The van der Waals surface area contributed by atoms with Gasteiger partial charge in [0.15, 0.2) is 5.52 Å². The highest BCUT2D eigenvalue weighted by atomic mass is 32.2. The Kier molecular flexibility index (Phi) is 10.8. The molecule has 12 heteroatoms. The summed E-state index contributed by atoms with van der Waals surface area (Å²) in [6.45, 7) is 14.0. The van der Waals surface area contributed by atoms with Crippen molar-refractivity contribution in [3.8, 4) is 0 Å². The second kappa shape index (κ2) is 13.6. The highest BCUT2D eigenvalue weighted by Gasteiger charge is 2.43. The van der Waals surface area contributed by atoms with Crippen molar-refractivity contribution in [3.05, 3.63) is 22.2 Å². The number of anilines is 1. The maximum Gasteiger partial charge on any atom is 0.315 e. The predicted octanol–water partition coefficient (Wildman–Crippen LogP) is 6.09. The zero-order valence-electron chi connectivity index (χ0n) is 24.5. The fraction of sp³-hybridized carbons (Fsp3) is 0.714. The summed E-state index contributed by atoms with van der Waals surface area (Å²) in [5.74, 6) is 1.24. The summed E-state index contributed by atoms with van der Waals surface area (Å²) in [6, 6.07) is 3.34. The molecule has 11 nitrogen and oxygen atoms in total. The van der Waals surface area contributed by atoms with Gasteiger partial charge in [-0.25, -0.2) is 9.42 Å². The molecule has 2 aromatic rings. The third-order valence-electron chi connectivity index (χ3n) is 7.03. The zero-order valence-corrected chi connectivity index (χ0v) is 25.4. The number of ketones is 1. The number of nitro groups is 1. The Labute approximate surface area is 240 Å². The number of nitro benzene ring substituents is 1. The Morgan fingerprint density at radius 2 is 1.77 bits per heavy atom. The Morgan fingerprint density at radius 3 is 2.45 bits per heavy atom. The van der Waals surface area contributed by atoms with Crippen molar-refractivity contribution in [2.24, 2.45) is 10.8 Å². The van der Waals surface area contributed by atoms with Crippen LogP contribution in [-0.2, 0) is 4.79 Å². The van der Waals surface area contributed by atoms with Crippen molar-refractivity contribution in [3.63, 3.8) is 0 Å². The molecule has 2 fully saturated rings. The van der Waals surface area contributed by atoms with Gasteiger partial charge >= 0.3 is 11.7 Å². The fourth-order valence-electron chi connectivity index (χ4n) is 4.73. The van der Waals surface area contributed by atoms with Crippen LogP contribution >= 0.6 is 11.8 Å². The van der Waals surface area contributed by atoms with E-state index in [1.54, 1.807) is 17.8 Å². The van der Waals surface area contributed by atoms with Gasteiger partial charge in [-0.1, -0.05) is 54.4 Å². The first-order valence-corrected chi connectivity index (χ1v) is 15.1. The summed E-state index contributed by atoms with van der Waals surface area (Å²) in [7, 11) is 0. The minimum Gasteiger partial charge on any atom is -0.383 e. The minimum absolute atomic E-state index is 0.0857. The molecule has 40 heavy (non-hydrogen) atoms. The molecule has 2 aliphatic heterocycles. The van der Waals surface area contributed by atoms with Crippen LogP contribution in [0.2, 0.25) is 0 Å². The number of aromatic nitrogens is 2. The third kappa shape index (κ3) is 9.64. The number of nitrogens with one attached hydrogen (secondary N) is 3. The van der Waals surface area contributed by atoms with Crippen LogP contribution in [0.4, 0.5) is 16.2 Å². The number of carbonyl (C=O) groups excluding carboxylic acids is 2. The maximum atomic E-state index is 12.0. The summed E-state index contributed by atoms with van der Waals surface area (Å²) in [6.07, 6.45) is 6.77. The molecular formula is C28H44N6O5S. The zero-order chi connectivity index (χ0) is 29.5. The summed E-state index contributed by atoms with van der Waals surface area (Å²) >= 11 is 1.80. The number of non-ortho nitro benzene ring substituents is 1. The van der Waals surface area contributed by atoms with Crippen LogP contribution in [0.15, 0.2) is 16.8 Å². The number of urea groups is 1. The molecule has 0 bridgehead atoms. The van der Waals surface area contributed by atoms with E-state index in [9.17, 15) is 19.7 Å². The number of hydrogen-bond donors (Lipinski definition) is 3. The van der Waals surface area contributed by atoms with E-state index in [0.29, 0.717) is 29.6 Å². The van der Waals surface area contributed by atoms with Gasteiger partial charge in [-0.05, 0) is 46.5 Å². The quantitative estimate of drug-likeness (QED) is 0.125. The van der Waals surface area contributed by atoms with Crippen molar-refractivity contribution in [2.75, 3.05) is 17.6 Å². The monoisotopic (exact) mass is 576 g/mol. The lowest BCUT2D eigenvalue weighted by atomic mass is 9.88. The summed E-state index contributed by atoms with van der Waals surface area (Å²) in [5.41, 5.74) is 1.81. The summed E-state index contributed by atoms with van der Waals surface area (Å²) in [4.78, 5) is 33.6. The van der Waals surface area contributed by atoms with Crippen molar-refractivity contribution >= 4 is 46.0 Å². The Hall–Kier alpha value is -2.89. The molecule has 1 aromatic heterocycles. The number of thioether (sulfide) groups is 1. The molecule has 2 saturated heterocycles. The van der Waals surface area contributed by atoms with Crippen LogP contribution in [0.5, 0.6) is 0 Å². The van der Waals surface area contributed by atoms with Gasteiger partial charge in [0.25, 0.3) is 0 Å². The molecule has 3 N–H and O–H groups in total. The maximum absolute atomic E-state index is 12.0. The van der Waals surface area contributed by atoms with Gasteiger partial charge in [0, 0.05) is 36.5 Å². The molecule has 3 unspecified atom stereocenters. The molecule has 0 saturated carbocycles. The number of Topliss-reactive ketones (excluding diaryl/α,β-unsaturated/α-hetero) is 1. The molecule has 1 aromatic carbocycles. The SMILES string of the molecule is CC(C)(C)CCC(=O)CC1SCC2NC(=O)NC21.CC(C)(C)CCCCCNc1ccc([N+](=O)[O-])c2nonc12. The first-order chi connectivity index (χ1) is 18.7. The van der Waals surface area contributed by atoms with Crippen molar-refractivity contribution in [1.82, 2.24) is 20.9 Å². The molecule has 0 spiro atoms. The van der Waals surface area contributed by atoms with Gasteiger partial charge < -0.3 is 16.0 Å². The highest BCUT2D eigenvalue weighted by Crippen LogP contribution is 2.33. The van der Waals surface area contributed by atoms with Crippen molar-refractivity contribution < 1.29 is 19.1 Å². The van der Waals surface area contributed by atoms with Gasteiger partial charge in [0.2, 0.25) is 5.52 Å². The predicted molar refractivity (Wildman–Crippen MR) is 159 cm³/mol. The second-order valence-electron chi connectivity index (χ2n) is 13.1.